The van der Waals surface area contributed by atoms with Crippen LogP contribution in [0.2, 0.25) is 0 Å². The zero-order valence-electron chi connectivity index (χ0n) is 12.3. The second-order valence-electron chi connectivity index (χ2n) is 6.19. The lowest BCUT2D eigenvalue weighted by Crippen LogP contribution is -2.49. The highest BCUT2D eigenvalue weighted by molar-refractivity contribution is 5.21. The normalized spacial score (nSPS) is 28.6. The monoisotopic (exact) mass is 271 g/mol. The van der Waals surface area contributed by atoms with Crippen molar-refractivity contribution in [3.05, 3.63) is 47.5 Å². The molecule has 108 valence electrons. The van der Waals surface area contributed by atoms with Crippen LogP contribution in [0.25, 0.3) is 0 Å². The Labute approximate surface area is 122 Å². The molecule has 0 bridgehead atoms. The molecule has 0 spiro atoms. The van der Waals surface area contributed by atoms with Crippen LogP contribution in [-0.2, 0) is 0 Å². The highest BCUT2D eigenvalue weighted by atomic mass is 16.3. The zero-order valence-corrected chi connectivity index (χ0v) is 12.3. The van der Waals surface area contributed by atoms with Gasteiger partial charge in [-0.05, 0) is 50.6 Å². The number of hydrogen-bond acceptors (Lipinski definition) is 2. The molecular formula is C18H25NO. The van der Waals surface area contributed by atoms with E-state index < -0.39 is 0 Å². The number of aliphatic hydroxyl groups excluding tert-OH is 1. The predicted molar refractivity (Wildman–Crippen MR) is 82.5 cm³/mol. The molecule has 2 nitrogen and oxygen atoms in total. The van der Waals surface area contributed by atoms with Gasteiger partial charge in [-0.3, -0.25) is 4.90 Å². The van der Waals surface area contributed by atoms with Crippen LogP contribution in [0, 0.1) is 5.92 Å². The van der Waals surface area contributed by atoms with Crippen LogP contribution in [0.15, 0.2) is 42.0 Å². The van der Waals surface area contributed by atoms with Crippen LogP contribution in [0.1, 0.15) is 44.2 Å². The molecule has 2 heteroatoms. The van der Waals surface area contributed by atoms with Crippen molar-refractivity contribution in [2.75, 3.05) is 13.2 Å². The van der Waals surface area contributed by atoms with Crippen molar-refractivity contribution >= 4 is 0 Å². The van der Waals surface area contributed by atoms with Gasteiger partial charge in [-0.2, -0.15) is 0 Å². The van der Waals surface area contributed by atoms with E-state index in [0.29, 0.717) is 12.0 Å². The van der Waals surface area contributed by atoms with Gasteiger partial charge >= 0.3 is 0 Å². The molecule has 3 rings (SSSR count). The maximum Gasteiger partial charge on any atom is 0.0628 e. The molecule has 1 aliphatic carbocycles. The first-order chi connectivity index (χ1) is 9.81. The van der Waals surface area contributed by atoms with Gasteiger partial charge in [0.15, 0.2) is 0 Å². The first-order valence-corrected chi connectivity index (χ1v) is 7.89. The highest BCUT2D eigenvalue weighted by Crippen LogP contribution is 2.39. The Balaban J connectivity index is 1.86. The van der Waals surface area contributed by atoms with E-state index in [4.69, 9.17) is 0 Å². The van der Waals surface area contributed by atoms with Crippen molar-refractivity contribution in [2.45, 2.75) is 44.7 Å². The molecule has 1 fully saturated rings. The molecule has 1 N–H and O–H groups in total. The first kappa shape index (κ1) is 13.8. The fourth-order valence-electron chi connectivity index (χ4n) is 4.08. The number of aliphatic hydroxyl groups is 1. The van der Waals surface area contributed by atoms with Gasteiger partial charge in [0.25, 0.3) is 0 Å². The summed E-state index contributed by atoms with van der Waals surface area (Å²) in [6, 6.07) is 11.3. The summed E-state index contributed by atoms with van der Waals surface area (Å²) in [5.41, 5.74) is 2.82. The summed E-state index contributed by atoms with van der Waals surface area (Å²) in [6.07, 6.45) is 7.41. The standard InChI is InChI=1S/C18H25NO/c1-14-7-5-11-17-16(14)10-6-12-19(17)18(13-20)15-8-3-2-4-9-15/h2-4,7-9,16-18,20H,5-6,10-13H2,1H3/t16-,17+,18-/m0/s1. The number of fused-ring (bicyclic) bond motifs is 1. The van der Waals surface area contributed by atoms with Crippen molar-refractivity contribution in [1.29, 1.82) is 0 Å². The van der Waals surface area contributed by atoms with Crippen molar-refractivity contribution < 1.29 is 5.11 Å². The number of piperidine rings is 1. The second-order valence-corrected chi connectivity index (χ2v) is 6.19. The third-order valence-electron chi connectivity index (χ3n) is 5.09. The van der Waals surface area contributed by atoms with Gasteiger partial charge in [-0.25, -0.2) is 0 Å². The molecule has 0 amide bonds. The lowest BCUT2D eigenvalue weighted by atomic mass is 9.77. The number of nitrogens with zero attached hydrogens (tertiary/aromatic N) is 1. The molecule has 0 unspecified atom stereocenters. The maximum atomic E-state index is 9.93. The Morgan fingerprint density at radius 1 is 1.25 bits per heavy atom. The van der Waals surface area contributed by atoms with Gasteiger partial charge in [-0.1, -0.05) is 42.0 Å². The van der Waals surface area contributed by atoms with E-state index in [1.165, 1.54) is 31.2 Å². The summed E-state index contributed by atoms with van der Waals surface area (Å²) in [5, 5.41) is 9.93. The van der Waals surface area contributed by atoms with Gasteiger partial charge in [0.1, 0.15) is 0 Å². The Morgan fingerprint density at radius 2 is 2.05 bits per heavy atom. The summed E-state index contributed by atoms with van der Waals surface area (Å²) < 4.78 is 0. The van der Waals surface area contributed by atoms with E-state index in [1.807, 2.05) is 6.07 Å². The van der Waals surface area contributed by atoms with Crippen molar-refractivity contribution in [3.63, 3.8) is 0 Å². The molecule has 0 radical (unpaired) electrons. The van der Waals surface area contributed by atoms with Crippen LogP contribution in [-0.4, -0.2) is 29.2 Å². The quantitative estimate of drug-likeness (QED) is 0.850. The van der Waals surface area contributed by atoms with Gasteiger partial charge < -0.3 is 5.11 Å². The summed E-state index contributed by atoms with van der Waals surface area (Å²) in [7, 11) is 0. The smallest absolute Gasteiger partial charge is 0.0628 e. The van der Waals surface area contributed by atoms with Crippen molar-refractivity contribution in [1.82, 2.24) is 4.90 Å². The van der Waals surface area contributed by atoms with Crippen LogP contribution in [0.4, 0.5) is 0 Å². The molecular weight excluding hydrogens is 246 g/mol. The Morgan fingerprint density at radius 3 is 2.80 bits per heavy atom. The molecule has 1 aromatic carbocycles. The molecule has 1 saturated heterocycles. The van der Waals surface area contributed by atoms with Crippen molar-refractivity contribution in [2.24, 2.45) is 5.92 Å². The van der Waals surface area contributed by atoms with E-state index in [2.05, 4.69) is 42.2 Å². The third-order valence-corrected chi connectivity index (χ3v) is 5.09. The van der Waals surface area contributed by atoms with Crippen LogP contribution < -0.4 is 0 Å². The minimum Gasteiger partial charge on any atom is -0.394 e. The van der Waals surface area contributed by atoms with Crippen molar-refractivity contribution in [3.8, 4) is 0 Å². The topological polar surface area (TPSA) is 23.5 Å². The number of benzene rings is 1. The summed E-state index contributed by atoms with van der Waals surface area (Å²) in [6.45, 7) is 3.63. The minimum atomic E-state index is 0.162. The van der Waals surface area contributed by atoms with Gasteiger partial charge in [0.05, 0.1) is 12.6 Å². The third kappa shape index (κ3) is 2.55. The fourth-order valence-corrected chi connectivity index (χ4v) is 4.08. The number of rotatable bonds is 3. The molecule has 20 heavy (non-hydrogen) atoms. The number of allylic oxidation sites excluding steroid dienone is 1. The summed E-state index contributed by atoms with van der Waals surface area (Å²) in [5.74, 6) is 0.704. The van der Waals surface area contributed by atoms with E-state index in [1.54, 1.807) is 5.57 Å². The molecule has 2 aliphatic rings. The number of hydrogen-bond donors (Lipinski definition) is 1. The van der Waals surface area contributed by atoms with E-state index >= 15 is 0 Å². The molecule has 0 aromatic heterocycles. The van der Waals surface area contributed by atoms with E-state index in [9.17, 15) is 5.11 Å². The van der Waals surface area contributed by atoms with Crippen LogP contribution in [0.5, 0.6) is 0 Å². The molecule has 0 saturated carbocycles. The zero-order chi connectivity index (χ0) is 13.9. The van der Waals surface area contributed by atoms with Gasteiger partial charge in [-0.15, -0.1) is 0 Å². The predicted octanol–water partition coefficient (Wildman–Crippen LogP) is 3.54. The summed E-state index contributed by atoms with van der Waals surface area (Å²) >= 11 is 0. The van der Waals surface area contributed by atoms with Gasteiger partial charge in [0, 0.05) is 6.04 Å². The van der Waals surface area contributed by atoms with Gasteiger partial charge in [0.2, 0.25) is 0 Å². The minimum absolute atomic E-state index is 0.162. The largest absolute Gasteiger partial charge is 0.394 e. The SMILES string of the molecule is CC1=CCC[C@@H]2[C@H]1CCCN2[C@@H](CO)c1ccccc1. The fraction of sp³-hybridized carbons (Fsp3) is 0.556. The molecule has 1 heterocycles. The number of likely N-dealkylation sites (tertiary alicyclic amines) is 1. The summed E-state index contributed by atoms with van der Waals surface area (Å²) in [4.78, 5) is 2.57. The highest BCUT2D eigenvalue weighted by Gasteiger charge is 2.37. The van der Waals surface area contributed by atoms with Crippen LogP contribution in [0.3, 0.4) is 0 Å². The molecule has 1 aromatic rings. The Hall–Kier alpha value is -1.12. The maximum absolute atomic E-state index is 9.93. The second kappa shape index (κ2) is 6.11. The lowest BCUT2D eigenvalue weighted by molar-refractivity contribution is 0.0265. The average Bonchev–Trinajstić information content (AvgIpc) is 2.50. The molecule has 1 aliphatic heterocycles. The molecule has 3 atom stereocenters. The van der Waals surface area contributed by atoms with E-state index in [0.717, 1.165) is 6.54 Å². The first-order valence-electron chi connectivity index (χ1n) is 7.89. The Bertz CT molecular complexity index is 468. The lowest BCUT2D eigenvalue weighted by Gasteiger charge is -2.47. The van der Waals surface area contributed by atoms with E-state index in [-0.39, 0.29) is 12.6 Å². The Kier molecular flexibility index (Phi) is 4.23. The average molecular weight is 271 g/mol. The van der Waals surface area contributed by atoms with Crippen LogP contribution >= 0.6 is 0 Å².